The Bertz CT molecular complexity index is 1150. The van der Waals surface area contributed by atoms with Gasteiger partial charge < -0.3 is 20.9 Å². The predicted molar refractivity (Wildman–Crippen MR) is 134 cm³/mol. The first-order valence-corrected chi connectivity index (χ1v) is 12.7. The van der Waals surface area contributed by atoms with Gasteiger partial charge in [-0.15, -0.1) is 12.6 Å². The Hall–Kier alpha value is -2.03. The minimum Gasteiger partial charge on any atom is -0.390 e. The van der Waals surface area contributed by atoms with Crippen LogP contribution in [-0.4, -0.2) is 38.9 Å². The highest BCUT2D eigenvalue weighted by atomic mass is 32.1. The highest BCUT2D eigenvalue weighted by Crippen LogP contribution is 2.70. The van der Waals surface area contributed by atoms with Crippen molar-refractivity contribution in [2.24, 2.45) is 22.7 Å². The van der Waals surface area contributed by atoms with Crippen molar-refractivity contribution < 1.29 is 23.8 Å². The summed E-state index contributed by atoms with van der Waals surface area (Å²) in [6.07, 6.45) is 3.75. The molecule has 0 amide bonds. The smallest absolute Gasteiger partial charge is 0.218 e. The number of carbonyl (C=O) groups excluding carboxylic acids is 1. The van der Waals surface area contributed by atoms with Crippen molar-refractivity contribution in [2.45, 2.75) is 69.7 Å². The summed E-state index contributed by atoms with van der Waals surface area (Å²) in [6, 6.07) is 5.92. The van der Waals surface area contributed by atoms with E-state index in [1.165, 1.54) is 18.3 Å². The van der Waals surface area contributed by atoms with Gasteiger partial charge >= 0.3 is 0 Å². The Labute approximate surface area is 209 Å². The molecule has 3 fully saturated rings. The first kappa shape index (κ1) is 24.7. The summed E-state index contributed by atoms with van der Waals surface area (Å²) in [5.41, 5.74) is -2.83. The van der Waals surface area contributed by atoms with E-state index in [1.807, 2.05) is 13.0 Å². The molecular formula is C27H32F2N2O3S. The molecule has 4 N–H and O–H groups in total. The van der Waals surface area contributed by atoms with Gasteiger partial charge in [-0.1, -0.05) is 19.4 Å². The Morgan fingerprint density at radius 2 is 1.91 bits per heavy atom. The van der Waals surface area contributed by atoms with E-state index >= 15 is 4.39 Å². The molecule has 5 rings (SSSR count). The molecule has 0 bridgehead atoms. The molecule has 0 radical (unpaired) electrons. The van der Waals surface area contributed by atoms with Crippen LogP contribution in [0.1, 0.15) is 52.4 Å². The van der Waals surface area contributed by atoms with E-state index in [4.69, 9.17) is 5.41 Å². The molecule has 4 aliphatic rings. The molecule has 5 nitrogen and oxygen atoms in total. The standard InChI is InChI=1S/C27H32F2N2O3S/c1-24-12-15(14-30)21(31-18-6-4-17(28)5-7-18)11-16(24)3-8-20-19-9-10-26(34,23(33)35)25(19,2)13-22(32)27(20,24)29/h4-7,11,14,19-20,22,30-32,34H,3,8-10,12-13H2,1-2H3,(H,33,35)/t19-,20-,22-,24-,25-,26-,27-/m0/s1. The van der Waals surface area contributed by atoms with Gasteiger partial charge in [0.05, 0.1) is 6.10 Å². The van der Waals surface area contributed by atoms with Crippen LogP contribution in [0.5, 0.6) is 0 Å². The van der Waals surface area contributed by atoms with Gasteiger partial charge in [0.1, 0.15) is 17.1 Å². The predicted octanol–water partition coefficient (Wildman–Crippen LogP) is 4.96. The third kappa shape index (κ3) is 3.18. The molecule has 0 aliphatic heterocycles. The number of aliphatic hydroxyl groups is 2. The molecule has 8 heteroatoms. The molecule has 1 aromatic rings. The number of aliphatic hydroxyl groups excluding tert-OH is 1. The molecule has 0 saturated heterocycles. The zero-order valence-corrected chi connectivity index (χ0v) is 20.8. The maximum Gasteiger partial charge on any atom is 0.218 e. The lowest BCUT2D eigenvalue weighted by Crippen LogP contribution is -2.69. The molecule has 35 heavy (non-hydrogen) atoms. The van der Waals surface area contributed by atoms with Crippen molar-refractivity contribution in [2.75, 3.05) is 5.32 Å². The van der Waals surface area contributed by atoms with E-state index in [0.717, 1.165) is 5.57 Å². The van der Waals surface area contributed by atoms with Gasteiger partial charge in [0.2, 0.25) is 5.12 Å². The lowest BCUT2D eigenvalue weighted by Gasteiger charge is -2.63. The number of thiol groups is 1. The summed E-state index contributed by atoms with van der Waals surface area (Å²) >= 11 is 3.96. The van der Waals surface area contributed by atoms with Gasteiger partial charge in [-0.05, 0) is 80.4 Å². The summed E-state index contributed by atoms with van der Waals surface area (Å²) in [6.45, 7) is 3.63. The van der Waals surface area contributed by atoms with Crippen LogP contribution < -0.4 is 5.32 Å². The molecule has 0 spiro atoms. The fraction of sp³-hybridized carbons (Fsp3) is 0.556. The van der Waals surface area contributed by atoms with Crippen molar-refractivity contribution in [3.63, 3.8) is 0 Å². The molecule has 0 heterocycles. The SMILES string of the molecule is C[C@]12CC(C=N)=C(Nc3ccc(F)cc3)C=C1CC[C@H]1[C@@H]3CC[C@](O)(C(=O)S)[C@@]3(C)C[C@H](O)[C@@]12F. The Morgan fingerprint density at radius 3 is 2.54 bits per heavy atom. The number of carbonyl (C=O) groups is 1. The van der Waals surface area contributed by atoms with E-state index in [1.54, 1.807) is 19.1 Å². The number of halogens is 2. The molecule has 3 saturated carbocycles. The molecule has 0 unspecified atom stereocenters. The van der Waals surface area contributed by atoms with Crippen LogP contribution in [0.3, 0.4) is 0 Å². The molecular weight excluding hydrogens is 470 g/mol. The second-order valence-electron chi connectivity index (χ2n) is 11.3. The number of nitrogens with one attached hydrogen (secondary N) is 2. The summed E-state index contributed by atoms with van der Waals surface area (Å²) in [5, 5.41) is 33.3. The number of hydrogen-bond donors (Lipinski definition) is 5. The number of fused-ring (bicyclic) bond motifs is 5. The van der Waals surface area contributed by atoms with Gasteiger partial charge in [0.15, 0.2) is 0 Å². The molecule has 4 aliphatic carbocycles. The third-order valence-corrected chi connectivity index (χ3v) is 10.2. The minimum absolute atomic E-state index is 0.0271. The quantitative estimate of drug-likeness (QED) is 0.297. The Balaban J connectivity index is 1.53. The normalized spacial score (nSPS) is 42.5. The summed E-state index contributed by atoms with van der Waals surface area (Å²) < 4.78 is 30.8. The second kappa shape index (κ2) is 7.98. The van der Waals surface area contributed by atoms with E-state index in [2.05, 4.69) is 17.9 Å². The first-order valence-electron chi connectivity index (χ1n) is 12.2. The number of alkyl halides is 1. The van der Waals surface area contributed by atoms with Gasteiger partial charge in [-0.25, -0.2) is 8.78 Å². The molecule has 1 aromatic carbocycles. The summed E-state index contributed by atoms with van der Waals surface area (Å²) in [7, 11) is 0. The topological polar surface area (TPSA) is 93.4 Å². The zero-order chi connectivity index (χ0) is 25.4. The highest BCUT2D eigenvalue weighted by Gasteiger charge is 2.74. The van der Waals surface area contributed by atoms with Crippen molar-refractivity contribution in [3.8, 4) is 0 Å². The van der Waals surface area contributed by atoms with Crippen LogP contribution in [0.15, 0.2) is 47.2 Å². The molecule has 188 valence electrons. The van der Waals surface area contributed by atoms with Crippen LogP contribution in [0.4, 0.5) is 14.5 Å². The average molecular weight is 503 g/mol. The van der Waals surface area contributed by atoms with Crippen LogP contribution in [0.25, 0.3) is 0 Å². The second-order valence-corrected chi connectivity index (χ2v) is 11.7. The number of rotatable bonds is 4. The summed E-state index contributed by atoms with van der Waals surface area (Å²) in [4.78, 5) is 12.3. The lowest BCUT2D eigenvalue weighted by atomic mass is 9.44. The zero-order valence-electron chi connectivity index (χ0n) is 19.9. The van der Waals surface area contributed by atoms with Gasteiger partial charge in [0.25, 0.3) is 0 Å². The fourth-order valence-electron chi connectivity index (χ4n) is 7.86. The van der Waals surface area contributed by atoms with Crippen molar-refractivity contribution >= 4 is 29.6 Å². The van der Waals surface area contributed by atoms with E-state index in [0.29, 0.717) is 36.2 Å². The van der Waals surface area contributed by atoms with Gasteiger partial charge in [0, 0.05) is 34.3 Å². The number of allylic oxidation sites excluding steroid dienone is 3. The Morgan fingerprint density at radius 1 is 1.23 bits per heavy atom. The van der Waals surface area contributed by atoms with Gasteiger partial charge in [-0.3, -0.25) is 4.79 Å². The monoisotopic (exact) mass is 502 g/mol. The van der Waals surface area contributed by atoms with E-state index in [-0.39, 0.29) is 31.0 Å². The summed E-state index contributed by atoms with van der Waals surface area (Å²) in [5.74, 6) is -1.14. The molecule has 7 atom stereocenters. The maximum atomic E-state index is 17.5. The van der Waals surface area contributed by atoms with Crippen molar-refractivity contribution in [1.82, 2.24) is 0 Å². The number of hydrogen-bond acceptors (Lipinski definition) is 5. The Kier molecular flexibility index (Phi) is 5.62. The average Bonchev–Trinajstić information content (AvgIpc) is 3.08. The van der Waals surface area contributed by atoms with Crippen molar-refractivity contribution in [3.05, 3.63) is 53.0 Å². The maximum absolute atomic E-state index is 17.5. The number of benzene rings is 1. The van der Waals surface area contributed by atoms with Crippen molar-refractivity contribution in [1.29, 1.82) is 5.41 Å². The minimum atomic E-state index is -1.97. The lowest BCUT2D eigenvalue weighted by molar-refractivity contribution is -0.222. The first-order chi connectivity index (χ1) is 16.4. The van der Waals surface area contributed by atoms with Crippen LogP contribution in [0, 0.1) is 33.9 Å². The van der Waals surface area contributed by atoms with Crippen LogP contribution >= 0.6 is 12.6 Å². The largest absolute Gasteiger partial charge is 0.390 e. The van der Waals surface area contributed by atoms with Crippen LogP contribution in [-0.2, 0) is 4.79 Å². The van der Waals surface area contributed by atoms with Gasteiger partial charge in [-0.2, -0.15) is 0 Å². The van der Waals surface area contributed by atoms with Crippen LogP contribution in [0.2, 0.25) is 0 Å². The number of anilines is 1. The highest BCUT2D eigenvalue weighted by molar-refractivity contribution is 7.96. The van der Waals surface area contributed by atoms with E-state index in [9.17, 15) is 19.4 Å². The third-order valence-electron chi connectivity index (χ3n) is 9.85. The fourth-order valence-corrected chi connectivity index (χ4v) is 8.23. The van der Waals surface area contributed by atoms with E-state index < -0.39 is 39.2 Å². The molecule has 0 aromatic heterocycles.